The van der Waals surface area contributed by atoms with Crippen LogP contribution in [-0.2, 0) is 19.1 Å². The lowest BCUT2D eigenvalue weighted by Crippen LogP contribution is -2.45. The van der Waals surface area contributed by atoms with E-state index >= 15 is 0 Å². The van der Waals surface area contributed by atoms with Crippen molar-refractivity contribution >= 4 is 11.9 Å². The van der Waals surface area contributed by atoms with Crippen molar-refractivity contribution < 1.29 is 24.2 Å². The van der Waals surface area contributed by atoms with Crippen molar-refractivity contribution in [1.29, 1.82) is 0 Å². The minimum absolute atomic E-state index is 0.0579. The standard InChI is InChI=1S/C11H21NO5/c1-4-9(7-13)12(10(14)8-16-2)6-5-11(15)17-3/h9,13H,4-8H2,1-3H3. The summed E-state index contributed by atoms with van der Waals surface area (Å²) in [6.45, 7) is 1.91. The first-order valence-electron chi connectivity index (χ1n) is 5.56. The van der Waals surface area contributed by atoms with Gasteiger partial charge in [0.1, 0.15) is 6.61 Å². The number of carbonyl (C=O) groups is 2. The first kappa shape index (κ1) is 15.9. The minimum atomic E-state index is -0.381. The van der Waals surface area contributed by atoms with E-state index < -0.39 is 0 Å². The van der Waals surface area contributed by atoms with E-state index in [1.807, 2.05) is 6.92 Å². The van der Waals surface area contributed by atoms with Crippen LogP contribution in [0.25, 0.3) is 0 Å². The number of esters is 1. The van der Waals surface area contributed by atoms with Gasteiger partial charge in [0.2, 0.25) is 5.91 Å². The number of rotatable bonds is 8. The predicted molar refractivity (Wildman–Crippen MR) is 61.4 cm³/mol. The summed E-state index contributed by atoms with van der Waals surface area (Å²) in [7, 11) is 2.73. The van der Waals surface area contributed by atoms with Crippen LogP contribution in [0.4, 0.5) is 0 Å². The molecule has 0 aromatic rings. The van der Waals surface area contributed by atoms with E-state index in [0.29, 0.717) is 6.42 Å². The van der Waals surface area contributed by atoms with E-state index in [1.54, 1.807) is 0 Å². The summed E-state index contributed by atoms with van der Waals surface area (Å²) in [4.78, 5) is 24.2. The lowest BCUT2D eigenvalue weighted by molar-refractivity contribution is -0.143. The van der Waals surface area contributed by atoms with Gasteiger partial charge in [0.25, 0.3) is 0 Å². The lowest BCUT2D eigenvalue weighted by Gasteiger charge is -2.29. The van der Waals surface area contributed by atoms with Crippen molar-refractivity contribution in [1.82, 2.24) is 4.90 Å². The molecule has 0 rings (SSSR count). The third-order valence-electron chi connectivity index (χ3n) is 2.50. The topological polar surface area (TPSA) is 76.1 Å². The molecule has 100 valence electrons. The highest BCUT2D eigenvalue weighted by molar-refractivity contribution is 5.78. The number of methoxy groups -OCH3 is 2. The van der Waals surface area contributed by atoms with Gasteiger partial charge in [-0.25, -0.2) is 0 Å². The van der Waals surface area contributed by atoms with Crippen molar-refractivity contribution in [2.45, 2.75) is 25.8 Å². The number of aliphatic hydroxyl groups excluding tert-OH is 1. The molecule has 0 saturated heterocycles. The van der Waals surface area contributed by atoms with Crippen LogP contribution < -0.4 is 0 Å². The second kappa shape index (κ2) is 8.95. The van der Waals surface area contributed by atoms with Crippen molar-refractivity contribution in [3.63, 3.8) is 0 Å². The largest absolute Gasteiger partial charge is 0.469 e. The first-order chi connectivity index (χ1) is 8.10. The van der Waals surface area contributed by atoms with Crippen LogP contribution >= 0.6 is 0 Å². The fourth-order valence-corrected chi connectivity index (χ4v) is 1.48. The number of hydrogen-bond acceptors (Lipinski definition) is 5. The Hall–Kier alpha value is -1.14. The van der Waals surface area contributed by atoms with Gasteiger partial charge in [-0.2, -0.15) is 0 Å². The van der Waals surface area contributed by atoms with Gasteiger partial charge in [0.15, 0.2) is 0 Å². The molecule has 6 heteroatoms. The average Bonchev–Trinajstić information content (AvgIpc) is 2.34. The number of carbonyl (C=O) groups excluding carboxylic acids is 2. The van der Waals surface area contributed by atoms with E-state index in [-0.39, 0.29) is 44.1 Å². The van der Waals surface area contributed by atoms with Crippen molar-refractivity contribution in [3.05, 3.63) is 0 Å². The molecule has 0 aromatic heterocycles. The van der Waals surface area contributed by atoms with Crippen molar-refractivity contribution in [2.75, 3.05) is 34.0 Å². The highest BCUT2D eigenvalue weighted by Gasteiger charge is 2.22. The zero-order chi connectivity index (χ0) is 13.3. The van der Waals surface area contributed by atoms with E-state index in [2.05, 4.69) is 4.74 Å². The number of nitrogens with zero attached hydrogens (tertiary/aromatic N) is 1. The van der Waals surface area contributed by atoms with Gasteiger partial charge in [0, 0.05) is 13.7 Å². The van der Waals surface area contributed by atoms with Crippen molar-refractivity contribution in [3.8, 4) is 0 Å². The fourth-order valence-electron chi connectivity index (χ4n) is 1.48. The Morgan fingerprint density at radius 2 is 2.00 bits per heavy atom. The normalized spacial score (nSPS) is 12.0. The van der Waals surface area contributed by atoms with Crippen LogP contribution in [0.2, 0.25) is 0 Å². The summed E-state index contributed by atoms with van der Waals surface area (Å²) < 4.78 is 9.28. The molecule has 0 heterocycles. The Labute approximate surface area is 101 Å². The highest BCUT2D eigenvalue weighted by Crippen LogP contribution is 2.06. The molecule has 6 nitrogen and oxygen atoms in total. The molecule has 0 aromatic carbocycles. The Morgan fingerprint density at radius 3 is 2.41 bits per heavy atom. The monoisotopic (exact) mass is 247 g/mol. The van der Waals surface area contributed by atoms with E-state index in [1.165, 1.54) is 19.1 Å². The third-order valence-corrected chi connectivity index (χ3v) is 2.50. The molecule has 0 aliphatic rings. The quantitative estimate of drug-likeness (QED) is 0.601. The number of amides is 1. The van der Waals surface area contributed by atoms with Gasteiger partial charge in [-0.15, -0.1) is 0 Å². The van der Waals surface area contributed by atoms with Crippen LogP contribution in [0, 0.1) is 0 Å². The molecule has 0 saturated carbocycles. The van der Waals surface area contributed by atoms with Crippen LogP contribution in [0.15, 0.2) is 0 Å². The van der Waals surface area contributed by atoms with E-state index in [4.69, 9.17) is 4.74 Å². The Morgan fingerprint density at radius 1 is 1.35 bits per heavy atom. The zero-order valence-electron chi connectivity index (χ0n) is 10.6. The van der Waals surface area contributed by atoms with Gasteiger partial charge in [-0.3, -0.25) is 9.59 Å². The zero-order valence-corrected chi connectivity index (χ0v) is 10.6. The molecular weight excluding hydrogens is 226 g/mol. The highest BCUT2D eigenvalue weighted by atomic mass is 16.5. The van der Waals surface area contributed by atoms with Gasteiger partial charge >= 0.3 is 5.97 Å². The van der Waals surface area contributed by atoms with Crippen molar-refractivity contribution in [2.24, 2.45) is 0 Å². The van der Waals surface area contributed by atoms with Gasteiger partial charge < -0.3 is 19.5 Å². The van der Waals surface area contributed by atoms with Crippen LogP contribution in [0.1, 0.15) is 19.8 Å². The molecule has 1 N–H and O–H groups in total. The molecule has 1 unspecified atom stereocenters. The van der Waals surface area contributed by atoms with Gasteiger partial charge in [0.05, 0.1) is 26.2 Å². The summed E-state index contributed by atoms with van der Waals surface area (Å²) in [5, 5.41) is 9.19. The molecule has 0 aliphatic heterocycles. The molecule has 0 radical (unpaired) electrons. The van der Waals surface area contributed by atoms with E-state index in [0.717, 1.165) is 0 Å². The Kier molecular flexibility index (Phi) is 8.35. The summed E-state index contributed by atoms with van der Waals surface area (Å²) in [6, 6.07) is -0.290. The average molecular weight is 247 g/mol. The maximum absolute atomic E-state index is 11.7. The summed E-state index contributed by atoms with van der Waals surface area (Å²) in [5.41, 5.74) is 0. The summed E-state index contributed by atoms with van der Waals surface area (Å²) in [5.74, 6) is -0.620. The van der Waals surface area contributed by atoms with Gasteiger partial charge in [-0.05, 0) is 6.42 Å². The number of aliphatic hydroxyl groups is 1. The predicted octanol–water partition coefficient (Wildman–Crippen LogP) is -0.205. The first-order valence-corrected chi connectivity index (χ1v) is 5.56. The van der Waals surface area contributed by atoms with Crippen LogP contribution in [0.3, 0.4) is 0 Å². The van der Waals surface area contributed by atoms with Crippen LogP contribution in [0.5, 0.6) is 0 Å². The lowest BCUT2D eigenvalue weighted by atomic mass is 10.2. The van der Waals surface area contributed by atoms with Crippen LogP contribution in [-0.4, -0.2) is 61.9 Å². The molecular formula is C11H21NO5. The smallest absolute Gasteiger partial charge is 0.307 e. The van der Waals surface area contributed by atoms with Gasteiger partial charge in [-0.1, -0.05) is 6.92 Å². The Balaban J connectivity index is 4.49. The van der Waals surface area contributed by atoms with E-state index in [9.17, 15) is 14.7 Å². The third kappa shape index (κ3) is 5.65. The molecule has 1 amide bonds. The summed E-state index contributed by atoms with van der Waals surface area (Å²) in [6.07, 6.45) is 0.732. The molecule has 0 bridgehead atoms. The SMILES string of the molecule is CCC(CO)N(CCC(=O)OC)C(=O)COC. The maximum Gasteiger partial charge on any atom is 0.307 e. The number of ether oxygens (including phenoxy) is 2. The molecule has 0 aliphatic carbocycles. The minimum Gasteiger partial charge on any atom is -0.469 e. The molecule has 0 fully saturated rings. The second-order valence-electron chi connectivity index (χ2n) is 3.59. The second-order valence-corrected chi connectivity index (χ2v) is 3.59. The summed E-state index contributed by atoms with van der Waals surface area (Å²) >= 11 is 0. The molecule has 17 heavy (non-hydrogen) atoms. The molecule has 1 atom stereocenters. The number of hydrogen-bond donors (Lipinski definition) is 1. The Bertz CT molecular complexity index is 240. The fraction of sp³-hybridized carbons (Fsp3) is 0.818. The maximum atomic E-state index is 11.7. The molecule has 0 spiro atoms.